The van der Waals surface area contributed by atoms with Gasteiger partial charge in [-0.1, -0.05) is 33.6 Å². The number of nitrogens with one attached hydrogen (secondary N) is 1. The maximum atomic E-state index is 5.60. The van der Waals surface area contributed by atoms with Crippen LogP contribution in [0.2, 0.25) is 0 Å². The van der Waals surface area contributed by atoms with Crippen LogP contribution in [0.15, 0.2) is 0 Å². The molecule has 0 aromatic heterocycles. The van der Waals surface area contributed by atoms with Gasteiger partial charge < -0.3 is 10.1 Å². The van der Waals surface area contributed by atoms with Crippen LogP contribution in [0.5, 0.6) is 0 Å². The molecule has 0 aliphatic heterocycles. The number of hydrogen-bond acceptors (Lipinski definition) is 2. The predicted molar refractivity (Wildman–Crippen MR) is 78.9 cm³/mol. The second kappa shape index (κ2) is 8.92. The summed E-state index contributed by atoms with van der Waals surface area (Å²) < 4.78 is 5.60. The van der Waals surface area contributed by atoms with E-state index in [1.807, 2.05) is 0 Å². The van der Waals surface area contributed by atoms with Crippen LogP contribution in [0, 0.1) is 11.8 Å². The van der Waals surface area contributed by atoms with Gasteiger partial charge in [0.05, 0.1) is 6.61 Å². The average molecular weight is 255 g/mol. The van der Waals surface area contributed by atoms with Crippen LogP contribution >= 0.6 is 0 Å². The zero-order valence-corrected chi connectivity index (χ0v) is 12.9. The lowest BCUT2D eigenvalue weighted by atomic mass is 9.83. The highest BCUT2D eigenvalue weighted by Crippen LogP contribution is 2.28. The topological polar surface area (TPSA) is 21.3 Å². The van der Waals surface area contributed by atoms with Gasteiger partial charge in [-0.15, -0.1) is 0 Å². The zero-order valence-electron chi connectivity index (χ0n) is 12.9. The molecular weight excluding hydrogens is 222 g/mol. The molecule has 18 heavy (non-hydrogen) atoms. The first-order valence-corrected chi connectivity index (χ1v) is 8.01. The molecule has 0 saturated heterocycles. The molecule has 2 heteroatoms. The summed E-state index contributed by atoms with van der Waals surface area (Å²) in [7, 11) is 0. The van der Waals surface area contributed by atoms with Crippen molar-refractivity contribution in [2.75, 3.05) is 13.2 Å². The molecule has 1 atom stereocenters. The van der Waals surface area contributed by atoms with E-state index in [4.69, 9.17) is 4.74 Å². The van der Waals surface area contributed by atoms with Crippen molar-refractivity contribution >= 4 is 0 Å². The van der Waals surface area contributed by atoms with Crippen LogP contribution in [0.25, 0.3) is 0 Å². The summed E-state index contributed by atoms with van der Waals surface area (Å²) in [5.74, 6) is 1.65. The third kappa shape index (κ3) is 5.71. The molecule has 1 unspecified atom stereocenters. The van der Waals surface area contributed by atoms with Crippen molar-refractivity contribution in [3.63, 3.8) is 0 Å². The molecule has 1 aliphatic carbocycles. The lowest BCUT2D eigenvalue weighted by Gasteiger charge is -2.33. The van der Waals surface area contributed by atoms with Crippen molar-refractivity contribution in [2.45, 2.75) is 78.3 Å². The molecule has 2 nitrogen and oxygen atoms in total. The van der Waals surface area contributed by atoms with Crippen LogP contribution in [0.4, 0.5) is 0 Å². The van der Waals surface area contributed by atoms with Crippen molar-refractivity contribution in [1.29, 1.82) is 0 Å². The van der Waals surface area contributed by atoms with Gasteiger partial charge in [-0.25, -0.2) is 0 Å². The molecule has 1 rings (SSSR count). The summed E-state index contributed by atoms with van der Waals surface area (Å²) in [5, 5.41) is 3.83. The van der Waals surface area contributed by atoms with E-state index in [0.717, 1.165) is 25.2 Å². The Hall–Kier alpha value is -0.0800. The fraction of sp³-hybridized carbons (Fsp3) is 1.00. The first-order chi connectivity index (χ1) is 8.67. The van der Waals surface area contributed by atoms with Gasteiger partial charge in [-0.05, 0) is 44.4 Å². The molecule has 108 valence electrons. The van der Waals surface area contributed by atoms with Gasteiger partial charge in [0, 0.05) is 18.7 Å². The number of ether oxygens (including phenoxy) is 1. The summed E-state index contributed by atoms with van der Waals surface area (Å²) in [6.07, 6.45) is 8.34. The molecule has 1 saturated carbocycles. The van der Waals surface area contributed by atoms with Gasteiger partial charge in [-0.2, -0.15) is 0 Å². The van der Waals surface area contributed by atoms with E-state index in [9.17, 15) is 0 Å². The van der Waals surface area contributed by atoms with E-state index in [1.54, 1.807) is 0 Å². The van der Waals surface area contributed by atoms with Gasteiger partial charge in [0.1, 0.15) is 0 Å². The lowest BCUT2D eigenvalue weighted by Crippen LogP contribution is -2.45. The molecule has 1 fully saturated rings. The monoisotopic (exact) mass is 255 g/mol. The first-order valence-electron chi connectivity index (χ1n) is 8.01. The third-order valence-corrected chi connectivity index (χ3v) is 4.30. The van der Waals surface area contributed by atoms with Crippen molar-refractivity contribution in [3.05, 3.63) is 0 Å². The maximum Gasteiger partial charge on any atom is 0.0622 e. The summed E-state index contributed by atoms with van der Waals surface area (Å²) >= 11 is 0. The summed E-state index contributed by atoms with van der Waals surface area (Å²) in [5.41, 5.74) is 0. The molecule has 1 N–H and O–H groups in total. The quantitative estimate of drug-likeness (QED) is 0.708. The summed E-state index contributed by atoms with van der Waals surface area (Å²) in [4.78, 5) is 0. The smallest absolute Gasteiger partial charge is 0.0622 e. The Bertz CT molecular complexity index is 197. The van der Waals surface area contributed by atoms with E-state index in [0.29, 0.717) is 12.0 Å². The second-order valence-corrected chi connectivity index (χ2v) is 6.18. The Morgan fingerprint density at radius 3 is 2.28 bits per heavy atom. The van der Waals surface area contributed by atoms with Gasteiger partial charge in [0.15, 0.2) is 0 Å². The van der Waals surface area contributed by atoms with Gasteiger partial charge in [0.2, 0.25) is 0 Å². The Labute approximate surface area is 114 Å². The summed E-state index contributed by atoms with van der Waals surface area (Å²) in [6.45, 7) is 10.7. The summed E-state index contributed by atoms with van der Waals surface area (Å²) in [6, 6.07) is 1.25. The maximum absolute atomic E-state index is 5.60. The Balaban J connectivity index is 2.28. The van der Waals surface area contributed by atoms with E-state index in [2.05, 4.69) is 33.0 Å². The number of hydrogen-bond donors (Lipinski definition) is 1. The minimum Gasteiger partial charge on any atom is -0.380 e. The molecule has 0 heterocycles. The van der Waals surface area contributed by atoms with Crippen molar-refractivity contribution < 1.29 is 4.74 Å². The fourth-order valence-corrected chi connectivity index (χ4v) is 3.01. The third-order valence-electron chi connectivity index (χ3n) is 4.30. The van der Waals surface area contributed by atoms with Crippen molar-refractivity contribution in [1.82, 2.24) is 5.32 Å². The normalized spacial score (nSPS) is 26.5. The number of rotatable bonds is 8. The molecule has 0 bridgehead atoms. The minimum atomic E-state index is 0.526. The van der Waals surface area contributed by atoms with E-state index in [1.165, 1.54) is 38.5 Å². The Morgan fingerprint density at radius 2 is 1.78 bits per heavy atom. The Kier molecular flexibility index (Phi) is 7.92. The highest BCUT2D eigenvalue weighted by molar-refractivity contribution is 4.81. The fourth-order valence-electron chi connectivity index (χ4n) is 3.01. The van der Waals surface area contributed by atoms with Crippen LogP contribution in [-0.2, 0) is 4.74 Å². The molecule has 1 aliphatic rings. The van der Waals surface area contributed by atoms with Gasteiger partial charge >= 0.3 is 0 Å². The van der Waals surface area contributed by atoms with E-state index < -0.39 is 0 Å². The molecule has 0 radical (unpaired) electrons. The standard InChI is InChI=1S/C16H33NO/c1-5-7-14-8-10-15(11-9-14)17-16(13(3)4)12-18-6-2/h13-17H,5-12H2,1-4H3. The first kappa shape index (κ1) is 16.0. The van der Waals surface area contributed by atoms with Gasteiger partial charge in [0.25, 0.3) is 0 Å². The van der Waals surface area contributed by atoms with Crippen LogP contribution < -0.4 is 5.32 Å². The Morgan fingerprint density at radius 1 is 1.11 bits per heavy atom. The largest absolute Gasteiger partial charge is 0.380 e. The van der Waals surface area contributed by atoms with E-state index >= 15 is 0 Å². The van der Waals surface area contributed by atoms with Gasteiger partial charge in [-0.3, -0.25) is 0 Å². The minimum absolute atomic E-state index is 0.526. The lowest BCUT2D eigenvalue weighted by molar-refractivity contribution is 0.0982. The predicted octanol–water partition coefficient (Wildman–Crippen LogP) is 4.00. The second-order valence-electron chi connectivity index (χ2n) is 6.18. The SMILES string of the molecule is CCCC1CCC(NC(COCC)C(C)C)CC1. The van der Waals surface area contributed by atoms with Crippen molar-refractivity contribution in [3.8, 4) is 0 Å². The zero-order chi connectivity index (χ0) is 13.4. The molecule has 0 spiro atoms. The average Bonchev–Trinajstić information content (AvgIpc) is 2.36. The highest BCUT2D eigenvalue weighted by atomic mass is 16.5. The molecule has 0 aromatic rings. The molecule has 0 amide bonds. The van der Waals surface area contributed by atoms with Crippen molar-refractivity contribution in [2.24, 2.45) is 11.8 Å². The highest BCUT2D eigenvalue weighted by Gasteiger charge is 2.23. The van der Waals surface area contributed by atoms with Crippen LogP contribution in [0.1, 0.15) is 66.2 Å². The molecular formula is C16H33NO. The van der Waals surface area contributed by atoms with Crippen LogP contribution in [-0.4, -0.2) is 25.3 Å². The van der Waals surface area contributed by atoms with E-state index in [-0.39, 0.29) is 0 Å². The van der Waals surface area contributed by atoms with Crippen LogP contribution in [0.3, 0.4) is 0 Å². The molecule has 0 aromatic carbocycles.